The Kier molecular flexibility index (Phi) is 14.3. The first kappa shape index (κ1) is 63.1. The van der Waals surface area contributed by atoms with Crippen LogP contribution in [0.3, 0.4) is 0 Å². The minimum absolute atomic E-state index is 0.00261. The first-order valence-corrected chi connectivity index (χ1v) is 30.5. The Labute approximate surface area is 516 Å². The van der Waals surface area contributed by atoms with Crippen molar-refractivity contribution in [1.29, 1.82) is 0 Å². The van der Waals surface area contributed by atoms with Crippen LogP contribution >= 0.6 is 0 Å². The minimum atomic E-state index is -2.23. The molecular weight excluding hydrogens is 1140 g/mol. The number of carbonyl (C=O) groups is 12. The number of ketones is 4. The Bertz CT molecular complexity index is 3830. The molecule has 0 N–H and O–H groups in total. The number of benzene rings is 4. The molecule has 470 valence electrons. The molecule has 20 heteroatoms. The average Bonchev–Trinajstić information content (AvgIpc) is 0.786. The predicted octanol–water partition coefficient (Wildman–Crippen LogP) is 9.37. The van der Waals surface area contributed by atoms with Gasteiger partial charge in [-0.2, -0.15) is 0 Å². The van der Waals surface area contributed by atoms with Gasteiger partial charge < -0.3 is 18.9 Å². The third kappa shape index (κ3) is 8.79. The highest BCUT2D eigenvalue weighted by molar-refractivity contribution is 6.35. The summed E-state index contributed by atoms with van der Waals surface area (Å²) in [6.45, 7) is 23.7. The molecule has 4 aromatic rings. The topological polar surface area (TPSA) is 255 Å². The molecule has 2 atom stereocenters. The SMILES string of the molecule is CC1(C)COC(C)(C)C(C)(C)OCN2C(=O)c3ccc4c5c(ccc(c35)C2=O)C(=O)N(COC2(C)C(C)(C)C(=O)C3CCC(CC3)C(=O)C(C)(C)C(C)(C)C(=O)CN3C(=O)c5ccc6c7c(ccc(c57)C3=O)C(=O)N(CC(=O)C2(C)C(C)(C)OC1)C6=O)C4=O. The summed E-state index contributed by atoms with van der Waals surface area (Å²) >= 11 is 0. The summed E-state index contributed by atoms with van der Waals surface area (Å²) < 4.78 is 27.4. The van der Waals surface area contributed by atoms with Crippen LogP contribution in [0.25, 0.3) is 21.5 Å². The fourth-order valence-corrected chi connectivity index (χ4v) is 14.5. The molecule has 89 heavy (non-hydrogen) atoms. The molecule has 18 aliphatic rings. The highest BCUT2D eigenvalue weighted by atomic mass is 16.6. The minimum Gasteiger partial charge on any atom is -0.374 e. The van der Waals surface area contributed by atoms with Crippen molar-refractivity contribution in [3.8, 4) is 0 Å². The van der Waals surface area contributed by atoms with Gasteiger partial charge in [-0.15, -0.1) is 0 Å². The smallest absolute Gasteiger partial charge is 0.263 e. The lowest BCUT2D eigenvalue weighted by molar-refractivity contribution is -0.253. The molecule has 4 aromatic carbocycles. The Morgan fingerprint density at radius 3 is 0.955 bits per heavy atom. The quantitative estimate of drug-likeness (QED) is 0.149. The van der Waals surface area contributed by atoms with Crippen LogP contribution in [0.2, 0.25) is 0 Å². The molecule has 22 rings (SSSR count). The van der Waals surface area contributed by atoms with Crippen molar-refractivity contribution >= 4 is 91.9 Å². The van der Waals surface area contributed by atoms with E-state index in [1.54, 1.807) is 83.1 Å². The van der Waals surface area contributed by atoms with Crippen molar-refractivity contribution in [2.24, 2.45) is 38.9 Å². The molecule has 1 saturated carbocycles. The third-order valence-electron chi connectivity index (χ3n) is 22.7. The van der Waals surface area contributed by atoms with Gasteiger partial charge in [0.2, 0.25) is 0 Å². The summed E-state index contributed by atoms with van der Waals surface area (Å²) in [7, 11) is 0. The van der Waals surface area contributed by atoms with Gasteiger partial charge in [-0.25, -0.2) is 9.80 Å². The van der Waals surface area contributed by atoms with Crippen molar-refractivity contribution in [3.05, 3.63) is 93.0 Å². The summed E-state index contributed by atoms with van der Waals surface area (Å²) in [6.07, 6.45) is 0.774. The maximum atomic E-state index is 16.7. The second-order valence-electron chi connectivity index (χ2n) is 29.6. The van der Waals surface area contributed by atoms with Gasteiger partial charge in [0.05, 0.1) is 59.5 Å². The van der Waals surface area contributed by atoms with Crippen molar-refractivity contribution < 1.29 is 76.5 Å². The maximum absolute atomic E-state index is 16.7. The second kappa shape index (κ2) is 20.2. The van der Waals surface area contributed by atoms with E-state index in [-0.39, 0.29) is 111 Å². The van der Waals surface area contributed by atoms with E-state index in [1.807, 2.05) is 13.8 Å². The van der Waals surface area contributed by atoms with Gasteiger partial charge in [-0.1, -0.05) is 55.4 Å². The van der Waals surface area contributed by atoms with Gasteiger partial charge in [0.1, 0.15) is 25.0 Å². The zero-order chi connectivity index (χ0) is 65.4. The van der Waals surface area contributed by atoms with Crippen LogP contribution in [0.15, 0.2) is 48.5 Å². The second-order valence-corrected chi connectivity index (χ2v) is 29.6. The van der Waals surface area contributed by atoms with Crippen LogP contribution in [-0.4, -0.2) is 152 Å². The normalized spacial score (nSPS) is 28.5. The number of hydrogen-bond acceptors (Lipinski definition) is 16. The molecule has 17 heterocycles. The van der Waals surface area contributed by atoms with Gasteiger partial charge in [0, 0.05) is 94.1 Å². The van der Waals surface area contributed by atoms with Crippen LogP contribution in [0.1, 0.15) is 219 Å². The first-order chi connectivity index (χ1) is 41.1. The molecule has 1 aliphatic carbocycles. The maximum Gasteiger partial charge on any atom is 0.263 e. The first-order valence-electron chi connectivity index (χ1n) is 30.5. The number of ether oxygens (including phenoxy) is 4. The number of hydrogen-bond donors (Lipinski definition) is 0. The highest BCUT2D eigenvalue weighted by Gasteiger charge is 2.69. The number of fused-ring (bicyclic) bond motifs is 2. The van der Waals surface area contributed by atoms with Gasteiger partial charge >= 0.3 is 0 Å². The predicted molar refractivity (Wildman–Crippen MR) is 323 cm³/mol. The molecule has 0 radical (unpaired) electrons. The van der Waals surface area contributed by atoms with E-state index in [4.69, 9.17) is 18.9 Å². The largest absolute Gasteiger partial charge is 0.374 e. The van der Waals surface area contributed by atoms with Crippen LogP contribution in [0.4, 0.5) is 0 Å². The van der Waals surface area contributed by atoms with Crippen LogP contribution in [0, 0.1) is 38.9 Å². The number of imide groups is 4. The molecule has 17 aliphatic heterocycles. The van der Waals surface area contributed by atoms with E-state index in [1.165, 1.54) is 62.4 Å². The van der Waals surface area contributed by atoms with Crippen LogP contribution in [0.5, 0.6) is 0 Å². The molecule has 1 fully saturated rings. The lowest BCUT2D eigenvalue weighted by Gasteiger charge is -2.59. The Balaban J connectivity index is 1.10. The number of carbonyl (C=O) groups excluding carboxylic acids is 12. The van der Waals surface area contributed by atoms with Crippen molar-refractivity contribution in [2.45, 2.75) is 159 Å². The fraction of sp³-hybridized carbons (Fsp3) is 0.536. The monoisotopic (exact) mass is 1220 g/mol. The van der Waals surface area contributed by atoms with Crippen molar-refractivity contribution in [2.75, 3.05) is 39.8 Å². The zero-order valence-corrected chi connectivity index (χ0v) is 53.7. The number of nitrogens with zero attached hydrogens (tertiary/aromatic N) is 4. The molecule has 0 spiro atoms. The van der Waals surface area contributed by atoms with E-state index in [0.717, 1.165) is 19.6 Å². The average molecular weight is 1220 g/mol. The van der Waals surface area contributed by atoms with Gasteiger partial charge in [0.15, 0.2) is 11.6 Å². The van der Waals surface area contributed by atoms with Crippen molar-refractivity contribution in [3.63, 3.8) is 0 Å². The van der Waals surface area contributed by atoms with Gasteiger partial charge in [-0.3, -0.25) is 67.3 Å². The number of Topliss-reactive ketones (excluding diaryl/α,β-unsaturated/α-hetero) is 4. The van der Waals surface area contributed by atoms with E-state index < -0.39 is 152 Å². The van der Waals surface area contributed by atoms with Crippen LogP contribution in [-0.2, 0) is 38.1 Å². The summed E-state index contributed by atoms with van der Waals surface area (Å²) in [4.78, 5) is 185. The van der Waals surface area contributed by atoms with Crippen LogP contribution < -0.4 is 0 Å². The fourth-order valence-electron chi connectivity index (χ4n) is 14.5. The Morgan fingerprint density at radius 1 is 0.326 bits per heavy atom. The molecule has 2 unspecified atom stereocenters. The molecule has 0 saturated heterocycles. The summed E-state index contributed by atoms with van der Waals surface area (Å²) in [5, 5.41) is 0.183. The van der Waals surface area contributed by atoms with E-state index in [2.05, 4.69) is 0 Å². The summed E-state index contributed by atoms with van der Waals surface area (Å²) in [6, 6.07) is 10.9. The van der Waals surface area contributed by atoms with E-state index in [9.17, 15) is 28.8 Å². The lowest BCUT2D eigenvalue weighted by atomic mass is 9.51. The van der Waals surface area contributed by atoms with E-state index in [0.29, 0.717) is 0 Å². The Hall–Kier alpha value is -7.52. The summed E-state index contributed by atoms with van der Waals surface area (Å²) in [5.41, 5.74) is -14.4. The standard InChI is InChI=1S/C69H78N4O16/c1-61(2)31-86-65(9,10)66(11,12)88-33-72-57(82)41-25-27-43-50-44(28-26-42(49(41)50)58(72)83)60(85)73(59(43)84)34-89-69(16)64(7,8)52(77)36-19-17-35(18-20-36)51(76)63(5,6)62(3,4)45(74)29-70-53(78)37-21-23-39-48-40(24-22-38(47(37)48)54(70)79)56(81)71(55(39)80)30-46(75)68(69,15)67(13,14)87-32-61/h21-28,35-36H,17-20,29-34H2,1-16H3. The molecular formula is C69H78N4O16. The highest BCUT2D eigenvalue weighted by Crippen LogP contribution is 2.58. The molecule has 0 aromatic heterocycles. The molecule has 8 amide bonds. The lowest BCUT2D eigenvalue weighted by Crippen LogP contribution is -2.72. The summed E-state index contributed by atoms with van der Waals surface area (Å²) in [5.74, 6) is -10.3. The Morgan fingerprint density at radius 2 is 0.607 bits per heavy atom. The van der Waals surface area contributed by atoms with Gasteiger partial charge in [-0.05, 0) is 130 Å². The zero-order valence-electron chi connectivity index (χ0n) is 53.7. The van der Waals surface area contributed by atoms with E-state index >= 15 is 28.8 Å². The number of rotatable bonds is 0. The van der Waals surface area contributed by atoms with Crippen molar-refractivity contribution in [1.82, 2.24) is 19.6 Å². The number of amides is 8. The van der Waals surface area contributed by atoms with Gasteiger partial charge in [0.25, 0.3) is 47.3 Å². The molecule has 20 nitrogen and oxygen atoms in total. The third-order valence-corrected chi connectivity index (χ3v) is 22.7. The molecule has 18 bridgehead atoms.